The number of amides is 1. The van der Waals surface area contributed by atoms with Crippen LogP contribution in [-0.2, 0) is 9.53 Å². The van der Waals surface area contributed by atoms with Gasteiger partial charge < -0.3 is 18.9 Å². The molecule has 1 aromatic carbocycles. The maximum absolute atomic E-state index is 14.2. The summed E-state index contributed by atoms with van der Waals surface area (Å²) in [6.45, 7) is 1.38. The third-order valence-corrected chi connectivity index (χ3v) is 5.04. The number of rotatable bonds is 6. The Hall–Kier alpha value is -3.88. The second-order valence-corrected chi connectivity index (χ2v) is 6.97. The maximum Gasteiger partial charge on any atom is 0.338 e. The summed E-state index contributed by atoms with van der Waals surface area (Å²) in [5, 5.41) is 8.67. The number of carbonyl (C=O) groups excluding carboxylic acids is 2. The van der Waals surface area contributed by atoms with E-state index in [1.54, 1.807) is 31.2 Å². The highest BCUT2D eigenvalue weighted by molar-refractivity contribution is 6.01. The molecule has 0 saturated heterocycles. The Morgan fingerprint density at radius 3 is 2.71 bits per heavy atom. The van der Waals surface area contributed by atoms with Gasteiger partial charge >= 0.3 is 5.97 Å². The molecule has 9 heteroatoms. The lowest BCUT2D eigenvalue weighted by atomic mass is 10.1. The van der Waals surface area contributed by atoms with E-state index in [0.29, 0.717) is 29.3 Å². The van der Waals surface area contributed by atoms with Gasteiger partial charge in [0.25, 0.3) is 5.91 Å². The maximum atomic E-state index is 14.2. The molecule has 3 aromatic rings. The predicted octanol–water partition coefficient (Wildman–Crippen LogP) is 3.90. The summed E-state index contributed by atoms with van der Waals surface area (Å²) >= 11 is 0. The van der Waals surface area contributed by atoms with Gasteiger partial charge in [0.05, 0.1) is 31.7 Å². The molecule has 0 saturated carbocycles. The molecule has 1 unspecified atom stereocenters. The van der Waals surface area contributed by atoms with Gasteiger partial charge in [-0.2, -0.15) is 5.10 Å². The van der Waals surface area contributed by atoms with Crippen LogP contribution in [0.15, 0.2) is 62.9 Å². The van der Waals surface area contributed by atoms with Gasteiger partial charge in [0, 0.05) is 17.7 Å². The highest BCUT2D eigenvalue weighted by Gasteiger charge is 2.35. The van der Waals surface area contributed by atoms with E-state index < -0.39 is 17.8 Å². The Labute approximate surface area is 177 Å². The first-order valence-electron chi connectivity index (χ1n) is 9.57. The SMILES string of the molecule is COC(=O)c1cc(F)c(C)c(NCC(=O)N2N=C(c3ccco3)CC2c2ccco2)c1. The molecule has 31 heavy (non-hydrogen) atoms. The van der Waals surface area contributed by atoms with E-state index in [9.17, 15) is 14.0 Å². The molecule has 4 rings (SSSR count). The third-order valence-electron chi connectivity index (χ3n) is 5.04. The number of ether oxygens (including phenoxy) is 1. The van der Waals surface area contributed by atoms with Crippen molar-refractivity contribution in [2.24, 2.45) is 5.10 Å². The zero-order valence-corrected chi connectivity index (χ0v) is 16.9. The third kappa shape index (κ3) is 4.07. The van der Waals surface area contributed by atoms with Crippen molar-refractivity contribution in [3.05, 3.63) is 77.4 Å². The number of halogens is 1. The van der Waals surface area contributed by atoms with Crippen molar-refractivity contribution in [2.45, 2.75) is 19.4 Å². The number of anilines is 1. The zero-order valence-electron chi connectivity index (χ0n) is 16.9. The van der Waals surface area contributed by atoms with Gasteiger partial charge in [0.15, 0.2) is 0 Å². The van der Waals surface area contributed by atoms with Crippen LogP contribution in [0.3, 0.4) is 0 Å². The Morgan fingerprint density at radius 1 is 1.26 bits per heavy atom. The number of esters is 1. The summed E-state index contributed by atoms with van der Waals surface area (Å²) in [7, 11) is 1.22. The van der Waals surface area contributed by atoms with Crippen LogP contribution in [0.2, 0.25) is 0 Å². The minimum Gasteiger partial charge on any atom is -0.467 e. The first-order chi connectivity index (χ1) is 15.0. The van der Waals surface area contributed by atoms with Crippen molar-refractivity contribution in [3.8, 4) is 0 Å². The van der Waals surface area contributed by atoms with E-state index >= 15 is 0 Å². The first kappa shape index (κ1) is 20.4. The quantitative estimate of drug-likeness (QED) is 0.602. The van der Waals surface area contributed by atoms with Crippen molar-refractivity contribution in [1.82, 2.24) is 5.01 Å². The minimum absolute atomic E-state index is 0.0494. The molecular formula is C22H20FN3O5. The van der Waals surface area contributed by atoms with Crippen LogP contribution >= 0.6 is 0 Å². The second kappa shape index (κ2) is 8.47. The van der Waals surface area contributed by atoms with Crippen molar-refractivity contribution in [2.75, 3.05) is 19.0 Å². The highest BCUT2D eigenvalue weighted by Crippen LogP contribution is 2.33. The van der Waals surface area contributed by atoms with E-state index in [1.165, 1.54) is 30.7 Å². The number of nitrogens with one attached hydrogen (secondary N) is 1. The Morgan fingerprint density at radius 2 is 2.03 bits per heavy atom. The average Bonchev–Trinajstić information content (AvgIpc) is 3.54. The van der Waals surface area contributed by atoms with Gasteiger partial charge in [-0.25, -0.2) is 14.2 Å². The van der Waals surface area contributed by atoms with Crippen LogP contribution < -0.4 is 5.32 Å². The fourth-order valence-electron chi connectivity index (χ4n) is 3.38. The van der Waals surface area contributed by atoms with E-state index in [1.807, 2.05) is 0 Å². The highest BCUT2D eigenvalue weighted by atomic mass is 19.1. The molecule has 1 aliphatic rings. The molecule has 0 fully saturated rings. The van der Waals surface area contributed by atoms with Gasteiger partial charge in [-0.05, 0) is 43.3 Å². The average molecular weight is 425 g/mol. The normalized spacial score (nSPS) is 15.6. The van der Waals surface area contributed by atoms with Gasteiger partial charge in [-0.3, -0.25) is 4.79 Å². The van der Waals surface area contributed by atoms with E-state index in [2.05, 4.69) is 15.2 Å². The van der Waals surface area contributed by atoms with Crippen molar-refractivity contribution in [1.29, 1.82) is 0 Å². The monoisotopic (exact) mass is 425 g/mol. The lowest BCUT2D eigenvalue weighted by Crippen LogP contribution is -2.32. The van der Waals surface area contributed by atoms with Crippen LogP contribution in [-0.4, -0.2) is 36.3 Å². The van der Waals surface area contributed by atoms with Gasteiger partial charge in [-0.15, -0.1) is 0 Å². The number of hydrogen-bond donors (Lipinski definition) is 1. The van der Waals surface area contributed by atoms with Crippen molar-refractivity contribution < 1.29 is 27.6 Å². The molecule has 3 heterocycles. The van der Waals surface area contributed by atoms with Crippen molar-refractivity contribution >= 4 is 23.3 Å². The Kier molecular flexibility index (Phi) is 5.57. The first-order valence-corrected chi connectivity index (χ1v) is 9.57. The number of hydrazone groups is 1. The number of carbonyl (C=O) groups is 2. The number of methoxy groups -OCH3 is 1. The molecular weight excluding hydrogens is 405 g/mol. The zero-order chi connectivity index (χ0) is 22.0. The molecule has 1 N–H and O–H groups in total. The van der Waals surface area contributed by atoms with E-state index in [-0.39, 0.29) is 23.6 Å². The van der Waals surface area contributed by atoms with Gasteiger partial charge in [0.2, 0.25) is 0 Å². The van der Waals surface area contributed by atoms with E-state index in [0.717, 1.165) is 6.07 Å². The summed E-state index contributed by atoms with van der Waals surface area (Å²) in [6.07, 6.45) is 3.50. The predicted molar refractivity (Wildman–Crippen MR) is 109 cm³/mol. The van der Waals surface area contributed by atoms with Crippen LogP contribution in [0.4, 0.5) is 10.1 Å². The summed E-state index contributed by atoms with van der Waals surface area (Å²) in [6, 6.07) is 9.16. The molecule has 0 aliphatic carbocycles. The number of benzene rings is 1. The number of hydrogen-bond acceptors (Lipinski definition) is 7. The topological polar surface area (TPSA) is 97.3 Å². The van der Waals surface area contributed by atoms with Crippen LogP contribution in [0.25, 0.3) is 0 Å². The minimum atomic E-state index is -0.668. The Bertz CT molecular complexity index is 1120. The summed E-state index contributed by atoms with van der Waals surface area (Å²) in [4.78, 5) is 24.8. The fraction of sp³-hybridized carbons (Fsp3) is 0.227. The number of furan rings is 2. The largest absolute Gasteiger partial charge is 0.467 e. The molecule has 0 bridgehead atoms. The molecule has 1 amide bonds. The lowest BCUT2D eigenvalue weighted by Gasteiger charge is -2.20. The smallest absolute Gasteiger partial charge is 0.338 e. The number of nitrogens with zero attached hydrogens (tertiary/aromatic N) is 2. The standard InChI is InChI=1S/C22H20FN3O5/c1-13-15(23)9-14(22(28)29-2)10-16(13)24-12-21(27)26-18(20-6-4-8-31-20)11-17(25-26)19-5-3-7-30-19/h3-10,18,24H,11-12H2,1-2H3. The molecule has 0 spiro atoms. The summed E-state index contributed by atoms with van der Waals surface area (Å²) in [5.41, 5.74) is 1.27. The molecule has 0 radical (unpaired) electrons. The summed E-state index contributed by atoms with van der Waals surface area (Å²) in [5.74, 6) is -0.438. The van der Waals surface area contributed by atoms with E-state index in [4.69, 9.17) is 8.83 Å². The molecule has 8 nitrogen and oxygen atoms in total. The lowest BCUT2D eigenvalue weighted by molar-refractivity contribution is -0.131. The molecule has 160 valence electrons. The van der Waals surface area contributed by atoms with Gasteiger partial charge in [-0.1, -0.05) is 0 Å². The van der Waals surface area contributed by atoms with Crippen molar-refractivity contribution in [3.63, 3.8) is 0 Å². The molecule has 1 aliphatic heterocycles. The summed E-state index contributed by atoms with van der Waals surface area (Å²) < 4.78 is 29.8. The van der Waals surface area contributed by atoms with Crippen LogP contribution in [0.5, 0.6) is 0 Å². The van der Waals surface area contributed by atoms with Gasteiger partial charge in [0.1, 0.15) is 29.1 Å². The molecule has 2 aromatic heterocycles. The Balaban J connectivity index is 1.55. The fourth-order valence-corrected chi connectivity index (χ4v) is 3.38. The van der Waals surface area contributed by atoms with Crippen LogP contribution in [0, 0.1) is 12.7 Å². The second-order valence-electron chi connectivity index (χ2n) is 6.97. The molecule has 1 atom stereocenters. The van der Waals surface area contributed by atoms with Crippen LogP contribution in [0.1, 0.15) is 39.9 Å².